The Bertz CT molecular complexity index is 585. The standard InChI is InChI=1S/C14H12BrFO4/c1-14(2)19-12(17)9(13(18)20-14)5-3-8-4-6-11(16)10(15)7-8/h4-7H,3H2,1-2H3. The zero-order valence-corrected chi connectivity index (χ0v) is 12.5. The van der Waals surface area contributed by atoms with E-state index in [1.165, 1.54) is 26.0 Å². The SMILES string of the molecule is CC1(C)OC(=O)C(=CCc2ccc(F)c(Br)c2)C(=O)O1. The molecule has 1 aromatic rings. The molecule has 0 aromatic heterocycles. The smallest absolute Gasteiger partial charge is 0.348 e. The molecule has 6 heteroatoms. The lowest BCUT2D eigenvalue weighted by Gasteiger charge is -2.29. The molecule has 106 valence electrons. The van der Waals surface area contributed by atoms with Gasteiger partial charge in [-0.05, 0) is 40.0 Å². The molecule has 0 aliphatic carbocycles. The van der Waals surface area contributed by atoms with Crippen molar-refractivity contribution in [2.75, 3.05) is 0 Å². The van der Waals surface area contributed by atoms with Gasteiger partial charge in [0.25, 0.3) is 5.79 Å². The lowest BCUT2D eigenvalue weighted by Crippen LogP contribution is -2.41. The zero-order valence-electron chi connectivity index (χ0n) is 10.9. The third kappa shape index (κ3) is 3.25. The third-order valence-electron chi connectivity index (χ3n) is 2.64. The summed E-state index contributed by atoms with van der Waals surface area (Å²) in [5.74, 6) is -3.05. The van der Waals surface area contributed by atoms with Crippen LogP contribution < -0.4 is 0 Å². The largest absolute Gasteiger partial charge is 0.419 e. The molecule has 0 amide bonds. The predicted octanol–water partition coefficient (Wildman–Crippen LogP) is 2.89. The molecule has 1 aliphatic rings. The summed E-state index contributed by atoms with van der Waals surface area (Å²) in [6, 6.07) is 4.45. The van der Waals surface area contributed by atoms with Gasteiger partial charge >= 0.3 is 11.9 Å². The number of carbonyl (C=O) groups excluding carboxylic acids is 2. The predicted molar refractivity (Wildman–Crippen MR) is 72.2 cm³/mol. The normalized spacial score (nSPS) is 17.5. The van der Waals surface area contributed by atoms with Crippen LogP contribution in [-0.2, 0) is 25.5 Å². The van der Waals surface area contributed by atoms with E-state index in [0.29, 0.717) is 10.9 Å². The van der Waals surface area contributed by atoms with Crippen molar-refractivity contribution < 1.29 is 23.5 Å². The molecule has 0 radical (unpaired) electrons. The van der Waals surface area contributed by atoms with E-state index < -0.39 is 17.7 Å². The van der Waals surface area contributed by atoms with Crippen LogP contribution in [0.4, 0.5) is 4.39 Å². The van der Waals surface area contributed by atoms with Gasteiger partial charge in [-0.1, -0.05) is 12.1 Å². The van der Waals surface area contributed by atoms with E-state index in [2.05, 4.69) is 15.9 Å². The zero-order chi connectivity index (χ0) is 14.9. The minimum absolute atomic E-state index is 0.148. The molecule has 20 heavy (non-hydrogen) atoms. The molecule has 1 saturated heterocycles. The molecule has 1 aliphatic heterocycles. The Hall–Kier alpha value is -1.69. The summed E-state index contributed by atoms with van der Waals surface area (Å²) in [7, 11) is 0. The number of esters is 2. The van der Waals surface area contributed by atoms with E-state index in [1.807, 2.05) is 0 Å². The molecule has 0 saturated carbocycles. The molecule has 0 N–H and O–H groups in total. The fraction of sp³-hybridized carbons (Fsp3) is 0.286. The number of cyclic esters (lactones) is 2. The van der Waals surface area contributed by atoms with Gasteiger partial charge in [-0.3, -0.25) is 0 Å². The van der Waals surface area contributed by atoms with Gasteiger partial charge < -0.3 is 9.47 Å². The highest BCUT2D eigenvalue weighted by Crippen LogP contribution is 2.23. The maximum absolute atomic E-state index is 13.1. The first kappa shape index (κ1) is 14.7. The van der Waals surface area contributed by atoms with E-state index in [4.69, 9.17) is 9.47 Å². The molecule has 2 rings (SSSR count). The first-order chi connectivity index (χ1) is 9.28. The maximum Gasteiger partial charge on any atom is 0.348 e. The topological polar surface area (TPSA) is 52.6 Å². The summed E-state index contributed by atoms with van der Waals surface area (Å²) < 4.78 is 23.4. The highest BCUT2D eigenvalue weighted by Gasteiger charge is 2.38. The van der Waals surface area contributed by atoms with Crippen molar-refractivity contribution in [2.45, 2.75) is 26.1 Å². The number of carbonyl (C=O) groups is 2. The Morgan fingerprint density at radius 1 is 1.25 bits per heavy atom. The van der Waals surface area contributed by atoms with Crippen molar-refractivity contribution in [1.29, 1.82) is 0 Å². The van der Waals surface area contributed by atoms with Crippen LogP contribution in [-0.4, -0.2) is 17.7 Å². The molecule has 1 aromatic carbocycles. The average Bonchev–Trinajstić information content (AvgIpc) is 2.31. The molecule has 0 spiro atoms. The van der Waals surface area contributed by atoms with Crippen molar-refractivity contribution in [3.8, 4) is 0 Å². The van der Waals surface area contributed by atoms with E-state index >= 15 is 0 Å². The minimum atomic E-state index is -1.25. The van der Waals surface area contributed by atoms with Gasteiger partial charge in [-0.2, -0.15) is 0 Å². The lowest BCUT2D eigenvalue weighted by atomic mass is 10.1. The quantitative estimate of drug-likeness (QED) is 0.471. The van der Waals surface area contributed by atoms with E-state index in [9.17, 15) is 14.0 Å². The third-order valence-corrected chi connectivity index (χ3v) is 3.25. The van der Waals surface area contributed by atoms with Gasteiger partial charge in [0, 0.05) is 13.8 Å². The van der Waals surface area contributed by atoms with Gasteiger partial charge in [-0.25, -0.2) is 14.0 Å². The summed E-state index contributed by atoms with van der Waals surface area (Å²) in [5, 5.41) is 0. The Kier molecular flexibility index (Phi) is 3.94. The Labute approximate surface area is 123 Å². The van der Waals surface area contributed by atoms with Gasteiger partial charge in [0.15, 0.2) is 0 Å². The summed E-state index contributed by atoms with van der Waals surface area (Å²) in [4.78, 5) is 23.4. The first-order valence-corrected chi connectivity index (χ1v) is 6.68. The molecular formula is C14H12BrFO4. The fourth-order valence-corrected chi connectivity index (χ4v) is 2.14. The number of halogens is 2. The minimum Gasteiger partial charge on any atom is -0.419 e. The van der Waals surface area contributed by atoms with Crippen molar-refractivity contribution >= 4 is 27.9 Å². The molecule has 1 fully saturated rings. The van der Waals surface area contributed by atoms with Crippen LogP contribution in [0.1, 0.15) is 19.4 Å². The molecule has 1 heterocycles. The highest BCUT2D eigenvalue weighted by molar-refractivity contribution is 9.10. The average molecular weight is 343 g/mol. The first-order valence-electron chi connectivity index (χ1n) is 5.89. The number of hydrogen-bond donors (Lipinski definition) is 0. The summed E-state index contributed by atoms with van der Waals surface area (Å²) in [6.45, 7) is 2.97. The van der Waals surface area contributed by atoms with Crippen LogP contribution in [0.25, 0.3) is 0 Å². The number of hydrogen-bond acceptors (Lipinski definition) is 4. The number of rotatable bonds is 2. The maximum atomic E-state index is 13.1. The molecule has 0 unspecified atom stereocenters. The molecule has 0 atom stereocenters. The number of benzene rings is 1. The monoisotopic (exact) mass is 342 g/mol. The van der Waals surface area contributed by atoms with E-state index in [-0.39, 0.29) is 11.4 Å². The lowest BCUT2D eigenvalue weighted by molar-refractivity contribution is -0.222. The summed E-state index contributed by atoms with van der Waals surface area (Å²) in [5.41, 5.74) is 0.598. The van der Waals surface area contributed by atoms with Crippen molar-refractivity contribution in [1.82, 2.24) is 0 Å². The second kappa shape index (κ2) is 5.36. The second-order valence-corrected chi connectivity index (χ2v) is 5.60. The van der Waals surface area contributed by atoms with Crippen LogP contribution in [0.15, 0.2) is 34.3 Å². The Morgan fingerprint density at radius 3 is 2.40 bits per heavy atom. The van der Waals surface area contributed by atoms with Gasteiger partial charge in [0.1, 0.15) is 11.4 Å². The molecular weight excluding hydrogens is 331 g/mol. The van der Waals surface area contributed by atoms with Crippen LogP contribution in [0.3, 0.4) is 0 Å². The van der Waals surface area contributed by atoms with Crippen LogP contribution in [0, 0.1) is 5.82 Å². The number of allylic oxidation sites excluding steroid dienone is 1. The highest BCUT2D eigenvalue weighted by atomic mass is 79.9. The van der Waals surface area contributed by atoms with Crippen LogP contribution in [0.2, 0.25) is 0 Å². The molecule has 4 nitrogen and oxygen atoms in total. The van der Waals surface area contributed by atoms with E-state index in [1.54, 1.807) is 12.1 Å². The molecule has 0 bridgehead atoms. The van der Waals surface area contributed by atoms with Crippen LogP contribution >= 0.6 is 15.9 Å². The van der Waals surface area contributed by atoms with Crippen molar-refractivity contribution in [2.24, 2.45) is 0 Å². The van der Waals surface area contributed by atoms with Gasteiger partial charge in [0.05, 0.1) is 4.47 Å². The Morgan fingerprint density at radius 2 is 1.85 bits per heavy atom. The van der Waals surface area contributed by atoms with E-state index in [0.717, 1.165) is 5.56 Å². The van der Waals surface area contributed by atoms with Crippen molar-refractivity contribution in [3.63, 3.8) is 0 Å². The summed E-state index contributed by atoms with van der Waals surface area (Å²) >= 11 is 3.07. The summed E-state index contributed by atoms with van der Waals surface area (Å²) in [6.07, 6.45) is 1.71. The van der Waals surface area contributed by atoms with Gasteiger partial charge in [-0.15, -0.1) is 0 Å². The second-order valence-electron chi connectivity index (χ2n) is 4.75. The van der Waals surface area contributed by atoms with Crippen LogP contribution in [0.5, 0.6) is 0 Å². The van der Waals surface area contributed by atoms with Gasteiger partial charge in [0.2, 0.25) is 0 Å². The Balaban J connectivity index is 2.17. The fourth-order valence-electron chi connectivity index (χ4n) is 1.71. The number of ether oxygens (including phenoxy) is 2. The van der Waals surface area contributed by atoms with Crippen molar-refractivity contribution in [3.05, 3.63) is 45.7 Å².